The maximum Gasteiger partial charge on any atom is 0.316 e. The summed E-state index contributed by atoms with van der Waals surface area (Å²) in [5, 5.41) is 0. The van der Waals surface area contributed by atoms with Gasteiger partial charge in [0.1, 0.15) is 0 Å². The molecule has 0 bridgehead atoms. The first-order valence-corrected chi connectivity index (χ1v) is 12.8. The fourth-order valence-corrected chi connectivity index (χ4v) is 5.30. The summed E-state index contributed by atoms with van der Waals surface area (Å²) in [6.07, 6.45) is 2.52. The monoisotopic (exact) mass is 470 g/mol. The summed E-state index contributed by atoms with van der Waals surface area (Å²) in [5.41, 5.74) is 5.61. The van der Waals surface area contributed by atoms with Crippen molar-refractivity contribution in [3.63, 3.8) is 0 Å². The molecule has 1 fully saturated rings. The average molecular weight is 471 g/mol. The first kappa shape index (κ1) is 25.0. The molecule has 0 N–H and O–H groups in total. The van der Waals surface area contributed by atoms with E-state index in [9.17, 15) is 4.79 Å². The third-order valence-corrected chi connectivity index (χ3v) is 7.55. The van der Waals surface area contributed by atoms with E-state index >= 15 is 0 Å². The van der Waals surface area contributed by atoms with Gasteiger partial charge in [0.15, 0.2) is 0 Å². The second-order valence-electron chi connectivity index (χ2n) is 9.64. The summed E-state index contributed by atoms with van der Waals surface area (Å²) >= 11 is 0. The highest BCUT2D eigenvalue weighted by atomic mass is 16.5. The molecule has 0 spiro atoms. The van der Waals surface area contributed by atoms with E-state index in [1.807, 2.05) is 18.2 Å². The molecule has 0 aromatic heterocycles. The Morgan fingerprint density at radius 2 is 1.60 bits per heavy atom. The number of hydrogen-bond donors (Lipinski definition) is 0. The molecule has 0 aliphatic carbocycles. The maximum atomic E-state index is 12.9. The van der Waals surface area contributed by atoms with E-state index in [2.05, 4.69) is 84.3 Å². The second kappa shape index (κ2) is 11.5. The van der Waals surface area contributed by atoms with Crippen LogP contribution in [0.15, 0.2) is 78.9 Å². The summed E-state index contributed by atoms with van der Waals surface area (Å²) in [6, 6.07) is 27.8. The van der Waals surface area contributed by atoms with E-state index in [-0.39, 0.29) is 5.97 Å². The standard InChI is InChI=1S/C31H38N2O2/c1-4-31(30(34)35-3,28-11-6-5-7-12-28)18-9-19-32-20-22-33(23-21-32)29-13-8-10-27(24-29)26-16-14-25(2)15-17-26/h5-8,10-17,24H,4,9,18-23H2,1-3H3. The zero-order valence-electron chi connectivity index (χ0n) is 21.4. The van der Waals surface area contributed by atoms with E-state index < -0.39 is 5.41 Å². The molecule has 1 heterocycles. The minimum absolute atomic E-state index is 0.121. The Labute approximate surface area is 210 Å². The average Bonchev–Trinajstić information content (AvgIpc) is 2.92. The Hall–Kier alpha value is -3.11. The largest absolute Gasteiger partial charge is 0.468 e. The molecule has 3 aromatic carbocycles. The number of benzene rings is 3. The van der Waals surface area contributed by atoms with Crippen LogP contribution < -0.4 is 4.90 Å². The summed E-state index contributed by atoms with van der Waals surface area (Å²) < 4.78 is 5.25. The number of anilines is 1. The molecule has 4 heteroatoms. The van der Waals surface area contributed by atoms with Gasteiger partial charge < -0.3 is 9.64 Å². The SMILES string of the molecule is CCC(CCCN1CCN(c2cccc(-c3ccc(C)cc3)c2)CC1)(C(=O)OC)c1ccccc1. The van der Waals surface area contributed by atoms with E-state index in [0.29, 0.717) is 0 Å². The van der Waals surface area contributed by atoms with Crippen molar-refractivity contribution in [1.82, 2.24) is 4.90 Å². The van der Waals surface area contributed by atoms with Crippen LogP contribution in [-0.2, 0) is 14.9 Å². The fraction of sp³-hybridized carbons (Fsp3) is 0.387. The van der Waals surface area contributed by atoms with Gasteiger partial charge in [0, 0.05) is 31.9 Å². The molecule has 4 nitrogen and oxygen atoms in total. The van der Waals surface area contributed by atoms with Crippen LogP contribution in [0.5, 0.6) is 0 Å². The molecule has 1 unspecified atom stereocenters. The van der Waals surface area contributed by atoms with Crippen molar-refractivity contribution in [2.24, 2.45) is 0 Å². The van der Waals surface area contributed by atoms with Crippen molar-refractivity contribution in [1.29, 1.82) is 0 Å². The van der Waals surface area contributed by atoms with Crippen molar-refractivity contribution in [2.75, 3.05) is 44.7 Å². The zero-order valence-corrected chi connectivity index (χ0v) is 21.4. The van der Waals surface area contributed by atoms with Gasteiger partial charge in [-0.3, -0.25) is 9.69 Å². The van der Waals surface area contributed by atoms with Crippen LogP contribution in [0.1, 0.15) is 37.3 Å². The number of hydrogen-bond acceptors (Lipinski definition) is 4. The maximum absolute atomic E-state index is 12.9. The number of piperazine rings is 1. The quantitative estimate of drug-likeness (QED) is 0.355. The van der Waals surface area contributed by atoms with Gasteiger partial charge in [-0.05, 0) is 61.6 Å². The third-order valence-electron chi connectivity index (χ3n) is 7.55. The third kappa shape index (κ3) is 5.76. The highest BCUT2D eigenvalue weighted by molar-refractivity contribution is 5.83. The molecule has 0 radical (unpaired) electrons. The number of nitrogens with zero attached hydrogens (tertiary/aromatic N) is 2. The molecule has 184 valence electrons. The van der Waals surface area contributed by atoms with Gasteiger partial charge in [0.25, 0.3) is 0 Å². The number of rotatable bonds is 9. The van der Waals surface area contributed by atoms with Crippen LogP contribution >= 0.6 is 0 Å². The molecular weight excluding hydrogens is 432 g/mol. The Morgan fingerprint density at radius 1 is 0.886 bits per heavy atom. The molecule has 0 amide bonds. The van der Waals surface area contributed by atoms with Gasteiger partial charge in [-0.2, -0.15) is 0 Å². The number of carbonyl (C=O) groups excluding carboxylic acids is 1. The fourth-order valence-electron chi connectivity index (χ4n) is 5.30. The minimum atomic E-state index is -0.561. The van der Waals surface area contributed by atoms with Crippen molar-refractivity contribution in [2.45, 2.75) is 38.5 Å². The van der Waals surface area contributed by atoms with E-state index in [4.69, 9.17) is 4.74 Å². The van der Waals surface area contributed by atoms with Gasteiger partial charge in [0.05, 0.1) is 12.5 Å². The molecule has 1 aliphatic rings. The van der Waals surface area contributed by atoms with Crippen molar-refractivity contribution < 1.29 is 9.53 Å². The Bertz CT molecular complexity index is 1090. The van der Waals surface area contributed by atoms with Crippen LogP contribution in [0.4, 0.5) is 5.69 Å². The number of aryl methyl sites for hydroxylation is 1. The molecule has 1 aliphatic heterocycles. The predicted octanol–water partition coefficient (Wildman–Crippen LogP) is 6.09. The normalized spacial score (nSPS) is 16.0. The second-order valence-corrected chi connectivity index (χ2v) is 9.64. The number of carbonyl (C=O) groups is 1. The van der Waals surface area contributed by atoms with Gasteiger partial charge in [-0.15, -0.1) is 0 Å². The summed E-state index contributed by atoms with van der Waals surface area (Å²) in [6.45, 7) is 9.34. The summed E-state index contributed by atoms with van der Waals surface area (Å²) in [5.74, 6) is -0.121. The smallest absolute Gasteiger partial charge is 0.316 e. The van der Waals surface area contributed by atoms with Crippen LogP contribution in [0.3, 0.4) is 0 Å². The molecule has 1 saturated heterocycles. The van der Waals surface area contributed by atoms with E-state index in [1.165, 1.54) is 29.5 Å². The van der Waals surface area contributed by atoms with E-state index in [1.54, 1.807) is 0 Å². The lowest BCUT2D eigenvalue weighted by atomic mass is 9.74. The molecule has 3 aromatic rings. The minimum Gasteiger partial charge on any atom is -0.468 e. The van der Waals surface area contributed by atoms with Gasteiger partial charge in [0.2, 0.25) is 0 Å². The molecule has 0 saturated carbocycles. The number of esters is 1. The lowest BCUT2D eigenvalue weighted by Crippen LogP contribution is -2.47. The number of methoxy groups -OCH3 is 1. The highest BCUT2D eigenvalue weighted by Crippen LogP contribution is 2.34. The van der Waals surface area contributed by atoms with Crippen molar-refractivity contribution in [3.8, 4) is 11.1 Å². The van der Waals surface area contributed by atoms with Crippen LogP contribution in [-0.4, -0.2) is 50.7 Å². The topological polar surface area (TPSA) is 32.8 Å². The zero-order chi connectivity index (χ0) is 24.7. The Kier molecular flexibility index (Phi) is 8.25. The Morgan fingerprint density at radius 3 is 2.26 bits per heavy atom. The lowest BCUT2D eigenvalue weighted by molar-refractivity contribution is -0.148. The van der Waals surface area contributed by atoms with Gasteiger partial charge in [-0.1, -0.05) is 79.2 Å². The van der Waals surface area contributed by atoms with Gasteiger partial charge in [-0.25, -0.2) is 0 Å². The first-order chi connectivity index (χ1) is 17.1. The summed E-state index contributed by atoms with van der Waals surface area (Å²) in [7, 11) is 1.50. The Balaban J connectivity index is 1.34. The van der Waals surface area contributed by atoms with E-state index in [0.717, 1.165) is 57.5 Å². The molecule has 4 rings (SSSR count). The van der Waals surface area contributed by atoms with Crippen molar-refractivity contribution >= 4 is 11.7 Å². The van der Waals surface area contributed by atoms with Gasteiger partial charge >= 0.3 is 5.97 Å². The molecule has 35 heavy (non-hydrogen) atoms. The van der Waals surface area contributed by atoms with Crippen molar-refractivity contribution in [3.05, 3.63) is 90.0 Å². The molecular formula is C31H38N2O2. The lowest BCUT2D eigenvalue weighted by Gasteiger charge is -2.37. The van der Waals surface area contributed by atoms with Crippen LogP contribution in [0.2, 0.25) is 0 Å². The predicted molar refractivity (Wildman–Crippen MR) is 145 cm³/mol. The van der Waals surface area contributed by atoms with Crippen LogP contribution in [0.25, 0.3) is 11.1 Å². The highest BCUT2D eigenvalue weighted by Gasteiger charge is 2.39. The summed E-state index contributed by atoms with van der Waals surface area (Å²) in [4.78, 5) is 17.9. The number of ether oxygens (including phenoxy) is 1. The van der Waals surface area contributed by atoms with Crippen LogP contribution in [0, 0.1) is 6.92 Å². The first-order valence-electron chi connectivity index (χ1n) is 12.8. The molecule has 1 atom stereocenters.